The van der Waals surface area contributed by atoms with Crippen LogP contribution in [0.15, 0.2) is 29.3 Å². The highest BCUT2D eigenvalue weighted by Gasteiger charge is 2.43. The number of amides is 2. The summed E-state index contributed by atoms with van der Waals surface area (Å²) in [7, 11) is 1.63. The number of nitrogens with zero attached hydrogens (tertiary/aromatic N) is 2. The molecule has 2 N–H and O–H groups in total. The maximum absolute atomic E-state index is 13.1. The number of rotatable bonds is 5. The summed E-state index contributed by atoms with van der Waals surface area (Å²) < 4.78 is 0. The van der Waals surface area contributed by atoms with E-state index in [1.165, 1.54) is 4.90 Å². The van der Waals surface area contributed by atoms with Crippen molar-refractivity contribution in [1.82, 2.24) is 10.2 Å². The van der Waals surface area contributed by atoms with Crippen molar-refractivity contribution in [1.29, 1.82) is 0 Å². The predicted molar refractivity (Wildman–Crippen MR) is 110 cm³/mol. The highest BCUT2D eigenvalue weighted by Crippen LogP contribution is 2.29. The molecule has 0 aliphatic carbocycles. The zero-order valence-corrected chi connectivity index (χ0v) is 17.0. The van der Waals surface area contributed by atoms with E-state index in [0.717, 1.165) is 11.1 Å². The molecule has 1 heterocycles. The smallest absolute Gasteiger partial charge is 0.243 e. The van der Waals surface area contributed by atoms with Gasteiger partial charge in [-0.05, 0) is 23.1 Å². The summed E-state index contributed by atoms with van der Waals surface area (Å²) >= 11 is 0. The molecule has 1 aromatic rings. The second-order valence-electron chi connectivity index (χ2n) is 8.21. The van der Waals surface area contributed by atoms with E-state index in [-0.39, 0.29) is 30.2 Å². The van der Waals surface area contributed by atoms with Crippen LogP contribution in [0.3, 0.4) is 0 Å². The lowest BCUT2D eigenvalue weighted by Gasteiger charge is -2.32. The van der Waals surface area contributed by atoms with Gasteiger partial charge in [0.1, 0.15) is 6.04 Å². The summed E-state index contributed by atoms with van der Waals surface area (Å²) in [5.74, 6) is 1.63. The molecule has 0 saturated carbocycles. The van der Waals surface area contributed by atoms with Gasteiger partial charge in [0.15, 0.2) is 0 Å². The van der Waals surface area contributed by atoms with Crippen molar-refractivity contribution in [2.24, 2.45) is 16.3 Å². The summed E-state index contributed by atoms with van der Waals surface area (Å²) in [5.41, 5.74) is 1.34. The van der Waals surface area contributed by atoms with Crippen LogP contribution in [-0.2, 0) is 16.1 Å². The van der Waals surface area contributed by atoms with Crippen LogP contribution in [-0.4, -0.2) is 53.8 Å². The Morgan fingerprint density at radius 2 is 2.04 bits per heavy atom. The fraction of sp³-hybridized carbons (Fsp3) is 0.500. The number of aliphatic hydroxyl groups excluding tert-OH is 1. The zero-order chi connectivity index (χ0) is 20.9. The number of carbonyl (C=O) groups excluding carboxylic acids is 2. The van der Waals surface area contributed by atoms with Crippen molar-refractivity contribution in [3.8, 4) is 12.3 Å². The third kappa shape index (κ3) is 5.20. The minimum absolute atomic E-state index is 0.151. The number of β-amino-alcohol motifs (C(OH)–C–C–N with tert-alkyl or cyclic N) is 1. The number of nitrogens with one attached hydrogen (secondary N) is 1. The first-order valence-corrected chi connectivity index (χ1v) is 9.41. The van der Waals surface area contributed by atoms with Crippen molar-refractivity contribution in [2.75, 3.05) is 13.6 Å². The number of benzene rings is 1. The Balaban J connectivity index is 2.10. The molecule has 0 aromatic heterocycles. The highest BCUT2D eigenvalue weighted by molar-refractivity contribution is 5.97. The van der Waals surface area contributed by atoms with Gasteiger partial charge in [-0.3, -0.25) is 9.59 Å². The number of hydrogen-bond acceptors (Lipinski definition) is 4. The van der Waals surface area contributed by atoms with Crippen LogP contribution < -0.4 is 5.32 Å². The fourth-order valence-electron chi connectivity index (χ4n) is 3.32. The third-order valence-electron chi connectivity index (χ3n) is 4.95. The van der Waals surface area contributed by atoms with Crippen LogP contribution in [0.1, 0.15) is 38.3 Å². The number of aliphatic hydroxyl groups is 1. The van der Waals surface area contributed by atoms with Gasteiger partial charge in [0.25, 0.3) is 0 Å². The average Bonchev–Trinajstić information content (AvgIpc) is 3.05. The minimum atomic E-state index is -0.714. The molecular weight excluding hydrogens is 354 g/mol. The summed E-state index contributed by atoms with van der Waals surface area (Å²) in [6.07, 6.45) is 6.48. The van der Waals surface area contributed by atoms with E-state index >= 15 is 0 Å². The van der Waals surface area contributed by atoms with E-state index < -0.39 is 18.1 Å². The fourth-order valence-corrected chi connectivity index (χ4v) is 3.32. The monoisotopic (exact) mass is 383 g/mol. The topological polar surface area (TPSA) is 82.0 Å². The third-order valence-corrected chi connectivity index (χ3v) is 4.95. The van der Waals surface area contributed by atoms with Gasteiger partial charge in [0.2, 0.25) is 11.8 Å². The first-order valence-electron chi connectivity index (χ1n) is 9.41. The largest absolute Gasteiger partial charge is 0.391 e. The molecule has 0 bridgehead atoms. The Hall–Kier alpha value is -2.65. The Morgan fingerprint density at radius 1 is 1.39 bits per heavy atom. The summed E-state index contributed by atoms with van der Waals surface area (Å²) in [4.78, 5) is 31.4. The molecule has 3 atom stereocenters. The van der Waals surface area contributed by atoms with Gasteiger partial charge in [0.05, 0.1) is 12.0 Å². The van der Waals surface area contributed by atoms with E-state index in [4.69, 9.17) is 6.42 Å². The van der Waals surface area contributed by atoms with Crippen LogP contribution in [0, 0.1) is 23.7 Å². The van der Waals surface area contributed by atoms with Crippen molar-refractivity contribution in [3.63, 3.8) is 0 Å². The molecule has 0 spiro atoms. The molecule has 0 radical (unpaired) electrons. The van der Waals surface area contributed by atoms with E-state index in [9.17, 15) is 14.7 Å². The number of carbonyl (C=O) groups is 2. The quantitative estimate of drug-likeness (QED) is 0.599. The summed E-state index contributed by atoms with van der Waals surface area (Å²) in [6, 6.07) is 6.65. The second-order valence-corrected chi connectivity index (χ2v) is 8.21. The van der Waals surface area contributed by atoms with Gasteiger partial charge in [-0.1, -0.05) is 38.8 Å². The Kier molecular flexibility index (Phi) is 6.98. The lowest BCUT2D eigenvalue weighted by molar-refractivity contribution is -0.142. The molecule has 1 aliphatic heterocycles. The number of aliphatic imine (C=N–C) groups is 1. The highest BCUT2D eigenvalue weighted by atomic mass is 16.3. The number of hydrogen-bond donors (Lipinski definition) is 2. The average molecular weight is 383 g/mol. The molecular formula is C22H29N3O3. The molecule has 2 rings (SSSR count). The molecule has 2 amide bonds. The van der Waals surface area contributed by atoms with E-state index in [0.29, 0.717) is 6.54 Å². The zero-order valence-electron chi connectivity index (χ0n) is 17.0. The molecule has 6 heteroatoms. The van der Waals surface area contributed by atoms with Crippen LogP contribution >= 0.6 is 0 Å². The molecule has 1 aromatic carbocycles. The van der Waals surface area contributed by atoms with E-state index in [2.05, 4.69) is 16.2 Å². The lowest BCUT2D eigenvalue weighted by atomic mass is 9.80. The van der Waals surface area contributed by atoms with Gasteiger partial charge in [0, 0.05) is 38.3 Å². The standard InChI is InChI=1S/C22H29N3O3/c1-6-15-7-9-16(10-8-15)12-24-20(27)19-11-17(26)14-25(19)21(28)18(13-23-5)22(2,3)4/h1,7-10,13,17-19,26H,11-12,14H2,2-5H3,(H,24,27)/t17-,18?,19+/m1/s1. The summed E-state index contributed by atoms with van der Waals surface area (Å²) in [6.45, 7) is 6.35. The molecule has 1 unspecified atom stereocenters. The molecule has 28 heavy (non-hydrogen) atoms. The van der Waals surface area contributed by atoms with Gasteiger partial charge in [-0.15, -0.1) is 6.42 Å². The normalized spacial score (nSPS) is 20.8. The van der Waals surface area contributed by atoms with Gasteiger partial charge < -0.3 is 20.3 Å². The first kappa shape index (κ1) is 21.6. The minimum Gasteiger partial charge on any atom is -0.391 e. The van der Waals surface area contributed by atoms with Gasteiger partial charge >= 0.3 is 0 Å². The molecule has 6 nitrogen and oxygen atoms in total. The van der Waals surface area contributed by atoms with Crippen molar-refractivity contribution >= 4 is 18.0 Å². The summed E-state index contributed by atoms with van der Waals surface area (Å²) in [5, 5.41) is 13.0. The van der Waals surface area contributed by atoms with Crippen molar-refractivity contribution in [2.45, 2.75) is 45.9 Å². The van der Waals surface area contributed by atoms with Crippen molar-refractivity contribution in [3.05, 3.63) is 35.4 Å². The van der Waals surface area contributed by atoms with E-state index in [1.54, 1.807) is 13.3 Å². The van der Waals surface area contributed by atoms with Gasteiger partial charge in [-0.25, -0.2) is 0 Å². The molecule has 1 saturated heterocycles. The van der Waals surface area contributed by atoms with Crippen LogP contribution in [0.5, 0.6) is 0 Å². The number of terminal acetylenes is 1. The lowest BCUT2D eigenvalue weighted by Crippen LogP contribution is -2.50. The molecule has 150 valence electrons. The SMILES string of the molecule is C#Cc1ccc(CNC(=O)[C@@H]2C[C@@H](O)CN2C(=O)C(C=NC)C(C)(C)C)cc1. The Labute approximate surface area is 167 Å². The van der Waals surface area contributed by atoms with Gasteiger partial charge in [-0.2, -0.15) is 0 Å². The number of likely N-dealkylation sites (tertiary alicyclic amines) is 1. The van der Waals surface area contributed by atoms with E-state index in [1.807, 2.05) is 45.0 Å². The maximum Gasteiger partial charge on any atom is 0.243 e. The molecule has 1 fully saturated rings. The second kappa shape index (κ2) is 9.03. The van der Waals surface area contributed by atoms with Crippen molar-refractivity contribution < 1.29 is 14.7 Å². The Morgan fingerprint density at radius 3 is 2.57 bits per heavy atom. The molecule has 1 aliphatic rings. The predicted octanol–water partition coefficient (Wildman–Crippen LogP) is 1.61. The Bertz CT molecular complexity index is 772. The maximum atomic E-state index is 13.1. The first-order chi connectivity index (χ1) is 13.2. The van der Waals surface area contributed by atoms with Crippen LogP contribution in [0.4, 0.5) is 0 Å². The van der Waals surface area contributed by atoms with Crippen LogP contribution in [0.25, 0.3) is 0 Å². The van der Waals surface area contributed by atoms with Crippen LogP contribution in [0.2, 0.25) is 0 Å².